The van der Waals surface area contributed by atoms with Gasteiger partial charge in [0.1, 0.15) is 0 Å². The Labute approximate surface area is 189 Å². The van der Waals surface area contributed by atoms with Crippen molar-refractivity contribution < 1.29 is 9.59 Å². The average Bonchev–Trinajstić information content (AvgIpc) is 2.79. The van der Waals surface area contributed by atoms with Crippen LogP contribution in [0, 0.1) is 0 Å². The van der Waals surface area contributed by atoms with E-state index in [1.54, 1.807) is 36.4 Å². The summed E-state index contributed by atoms with van der Waals surface area (Å²) in [7, 11) is 0. The largest absolute Gasteiger partial charge is 0.326 e. The molecule has 0 radical (unpaired) electrons. The zero-order valence-corrected chi connectivity index (χ0v) is 17.9. The molecule has 3 aromatic carbocycles. The van der Waals surface area contributed by atoms with Crippen molar-refractivity contribution in [3.8, 4) is 11.3 Å². The monoisotopic (exact) mass is 442 g/mol. The lowest BCUT2D eigenvalue weighted by Gasteiger charge is -2.10. The summed E-state index contributed by atoms with van der Waals surface area (Å²) >= 11 is 6.34. The molecule has 0 atom stereocenters. The van der Waals surface area contributed by atoms with Gasteiger partial charge in [0.2, 0.25) is 5.91 Å². The highest BCUT2D eigenvalue weighted by molar-refractivity contribution is 6.33. The first-order chi connectivity index (χ1) is 15.5. The molecule has 0 saturated heterocycles. The van der Waals surface area contributed by atoms with Gasteiger partial charge in [-0.05, 0) is 35.9 Å². The van der Waals surface area contributed by atoms with Crippen molar-refractivity contribution in [3.05, 3.63) is 95.0 Å². The first-order valence-corrected chi connectivity index (χ1v) is 10.2. The summed E-state index contributed by atoms with van der Waals surface area (Å²) in [6.07, 6.45) is 1.54. The second-order valence-electron chi connectivity index (χ2n) is 7.05. The van der Waals surface area contributed by atoms with Gasteiger partial charge in [-0.25, -0.2) is 10.4 Å². The lowest BCUT2D eigenvalue weighted by Crippen LogP contribution is -2.18. The minimum Gasteiger partial charge on any atom is -0.326 e. The number of nitrogens with zero attached hydrogens (tertiary/aromatic N) is 2. The number of anilines is 1. The molecule has 1 aromatic heterocycles. The van der Waals surface area contributed by atoms with Gasteiger partial charge in [-0.15, -0.1) is 0 Å². The number of carbonyl (C=O) groups excluding carboxylic acids is 2. The predicted molar refractivity (Wildman–Crippen MR) is 128 cm³/mol. The SMILES string of the molecule is CC(=O)Nc1ccc(/C=N/NC(=O)c2cc(-c3ccccc3Cl)nc3ccccc23)cc1. The molecule has 0 unspecified atom stereocenters. The number of hydrogen-bond acceptors (Lipinski definition) is 4. The van der Waals surface area contributed by atoms with Crippen LogP contribution in [0.3, 0.4) is 0 Å². The number of aromatic nitrogens is 1. The van der Waals surface area contributed by atoms with Crippen LogP contribution in [0.15, 0.2) is 84.0 Å². The molecule has 0 aliphatic rings. The Bertz CT molecular complexity index is 1330. The predicted octanol–water partition coefficient (Wildman–Crippen LogP) is 5.28. The molecule has 0 bridgehead atoms. The van der Waals surface area contributed by atoms with E-state index in [0.29, 0.717) is 27.5 Å². The zero-order valence-electron chi connectivity index (χ0n) is 17.2. The van der Waals surface area contributed by atoms with Crippen LogP contribution in [-0.4, -0.2) is 23.0 Å². The van der Waals surface area contributed by atoms with Gasteiger partial charge in [-0.2, -0.15) is 5.10 Å². The second kappa shape index (κ2) is 9.41. The summed E-state index contributed by atoms with van der Waals surface area (Å²) < 4.78 is 0. The summed E-state index contributed by atoms with van der Waals surface area (Å²) in [5.74, 6) is -0.498. The number of halogens is 1. The number of nitrogens with one attached hydrogen (secondary N) is 2. The van der Waals surface area contributed by atoms with Crippen LogP contribution in [0.1, 0.15) is 22.8 Å². The molecular formula is C25H19ClN4O2. The van der Waals surface area contributed by atoms with E-state index in [4.69, 9.17) is 11.6 Å². The molecule has 0 aliphatic carbocycles. The number of benzene rings is 3. The van der Waals surface area contributed by atoms with Crippen molar-refractivity contribution in [2.45, 2.75) is 6.92 Å². The Kier molecular flexibility index (Phi) is 6.24. The lowest BCUT2D eigenvalue weighted by atomic mass is 10.0. The Hall–Kier alpha value is -4.03. The standard InChI is InChI=1S/C25H19ClN4O2/c1-16(31)28-18-12-10-17(11-13-18)15-27-30-25(32)21-14-24(20-7-2-4-8-22(20)26)29-23-9-5-3-6-19(21)23/h2-15H,1H3,(H,28,31)(H,30,32)/b27-15+. The van der Waals surface area contributed by atoms with E-state index in [1.165, 1.54) is 13.1 Å². The molecule has 0 aliphatic heterocycles. The molecule has 2 N–H and O–H groups in total. The maximum Gasteiger partial charge on any atom is 0.272 e. The highest BCUT2D eigenvalue weighted by atomic mass is 35.5. The molecule has 0 fully saturated rings. The van der Waals surface area contributed by atoms with E-state index in [2.05, 4.69) is 20.8 Å². The minimum atomic E-state index is -0.358. The average molecular weight is 443 g/mol. The number of para-hydroxylation sites is 1. The fourth-order valence-electron chi connectivity index (χ4n) is 3.25. The number of pyridine rings is 1. The molecule has 4 aromatic rings. The van der Waals surface area contributed by atoms with E-state index in [1.807, 2.05) is 42.5 Å². The number of rotatable bonds is 5. The van der Waals surface area contributed by atoms with Gasteiger partial charge in [0, 0.05) is 28.6 Å². The van der Waals surface area contributed by atoms with Gasteiger partial charge in [-0.1, -0.05) is 60.1 Å². The number of hydrogen-bond donors (Lipinski definition) is 2. The molecule has 0 saturated carbocycles. The maximum atomic E-state index is 13.0. The maximum absolute atomic E-state index is 13.0. The van der Waals surface area contributed by atoms with Crippen molar-refractivity contribution in [1.82, 2.24) is 10.4 Å². The third-order valence-electron chi connectivity index (χ3n) is 4.72. The van der Waals surface area contributed by atoms with Crippen molar-refractivity contribution in [2.75, 3.05) is 5.32 Å². The summed E-state index contributed by atoms with van der Waals surface area (Å²) in [4.78, 5) is 28.7. The third-order valence-corrected chi connectivity index (χ3v) is 5.05. The van der Waals surface area contributed by atoms with Gasteiger partial charge in [0.15, 0.2) is 0 Å². The van der Waals surface area contributed by atoms with Crippen LogP contribution in [-0.2, 0) is 4.79 Å². The quantitative estimate of drug-likeness (QED) is 0.326. The van der Waals surface area contributed by atoms with Crippen LogP contribution in [0.25, 0.3) is 22.2 Å². The Morgan fingerprint density at radius 2 is 1.69 bits per heavy atom. The highest BCUT2D eigenvalue weighted by Crippen LogP contribution is 2.29. The number of fused-ring (bicyclic) bond motifs is 1. The normalized spacial score (nSPS) is 10.9. The fraction of sp³-hybridized carbons (Fsp3) is 0.0400. The van der Waals surface area contributed by atoms with Crippen LogP contribution >= 0.6 is 11.6 Å². The van der Waals surface area contributed by atoms with E-state index in [-0.39, 0.29) is 11.8 Å². The molecule has 0 spiro atoms. The van der Waals surface area contributed by atoms with Crippen LogP contribution in [0.2, 0.25) is 5.02 Å². The van der Waals surface area contributed by atoms with Gasteiger partial charge in [0.25, 0.3) is 5.91 Å². The third kappa shape index (κ3) is 4.82. The van der Waals surface area contributed by atoms with E-state index in [9.17, 15) is 9.59 Å². The highest BCUT2D eigenvalue weighted by Gasteiger charge is 2.14. The molecular weight excluding hydrogens is 424 g/mol. The summed E-state index contributed by atoms with van der Waals surface area (Å²) in [6.45, 7) is 1.45. The molecule has 6 nitrogen and oxygen atoms in total. The smallest absolute Gasteiger partial charge is 0.272 e. The number of hydrazone groups is 1. The molecule has 4 rings (SSSR count). The van der Waals surface area contributed by atoms with E-state index < -0.39 is 0 Å². The lowest BCUT2D eigenvalue weighted by molar-refractivity contribution is -0.114. The van der Waals surface area contributed by atoms with Crippen molar-refractivity contribution in [1.29, 1.82) is 0 Å². The molecule has 1 heterocycles. The number of carbonyl (C=O) groups is 2. The summed E-state index contributed by atoms with van der Waals surface area (Å²) in [5, 5.41) is 8.05. The Morgan fingerprint density at radius 1 is 0.969 bits per heavy atom. The molecule has 32 heavy (non-hydrogen) atoms. The molecule has 2 amide bonds. The van der Waals surface area contributed by atoms with Crippen LogP contribution in [0.5, 0.6) is 0 Å². The van der Waals surface area contributed by atoms with Gasteiger partial charge < -0.3 is 5.32 Å². The first kappa shape index (κ1) is 21.2. The zero-order chi connectivity index (χ0) is 22.5. The first-order valence-electron chi connectivity index (χ1n) is 9.87. The van der Waals surface area contributed by atoms with Crippen molar-refractivity contribution in [2.24, 2.45) is 5.10 Å². The Morgan fingerprint density at radius 3 is 2.44 bits per heavy atom. The second-order valence-corrected chi connectivity index (χ2v) is 7.46. The van der Waals surface area contributed by atoms with Crippen LogP contribution in [0.4, 0.5) is 5.69 Å². The van der Waals surface area contributed by atoms with Crippen molar-refractivity contribution in [3.63, 3.8) is 0 Å². The fourth-order valence-corrected chi connectivity index (χ4v) is 3.48. The van der Waals surface area contributed by atoms with Gasteiger partial charge in [0.05, 0.1) is 23.0 Å². The van der Waals surface area contributed by atoms with Gasteiger partial charge in [-0.3, -0.25) is 9.59 Å². The summed E-state index contributed by atoms with van der Waals surface area (Å²) in [6, 6.07) is 23.6. The van der Waals surface area contributed by atoms with E-state index >= 15 is 0 Å². The van der Waals surface area contributed by atoms with Crippen molar-refractivity contribution >= 4 is 46.2 Å². The van der Waals surface area contributed by atoms with E-state index in [0.717, 1.165) is 16.5 Å². The topological polar surface area (TPSA) is 83.5 Å². The van der Waals surface area contributed by atoms with Crippen LogP contribution < -0.4 is 10.7 Å². The molecule has 7 heteroatoms. The molecule has 158 valence electrons. The number of amides is 2. The summed E-state index contributed by atoms with van der Waals surface area (Å²) in [5.41, 5.74) is 6.53. The minimum absolute atomic E-state index is 0.139. The van der Waals surface area contributed by atoms with Gasteiger partial charge >= 0.3 is 0 Å². The Balaban J connectivity index is 1.60.